The second kappa shape index (κ2) is 6.24. The predicted molar refractivity (Wildman–Crippen MR) is 92.4 cm³/mol. The van der Waals surface area contributed by atoms with Crippen molar-refractivity contribution in [2.24, 2.45) is 0 Å². The Morgan fingerprint density at radius 3 is 2.16 bits per heavy atom. The van der Waals surface area contributed by atoms with Crippen molar-refractivity contribution < 1.29 is 19.4 Å². The van der Waals surface area contributed by atoms with E-state index in [1.165, 1.54) is 27.2 Å². The van der Waals surface area contributed by atoms with Gasteiger partial charge in [0.2, 0.25) is 0 Å². The number of carboxylic acid groups (broad SMARTS) is 1. The zero-order chi connectivity index (χ0) is 17.4. The van der Waals surface area contributed by atoms with E-state index in [0.717, 1.165) is 6.42 Å². The van der Waals surface area contributed by atoms with Crippen LogP contribution >= 0.6 is 0 Å². The first kappa shape index (κ1) is 15.7. The molecule has 0 radical (unpaired) electrons. The van der Waals surface area contributed by atoms with Crippen LogP contribution in [0.4, 0.5) is 4.79 Å². The van der Waals surface area contributed by atoms with Gasteiger partial charge in [0.1, 0.15) is 6.61 Å². The highest BCUT2D eigenvalue weighted by atomic mass is 16.6. The minimum absolute atomic E-state index is 0.0236. The van der Waals surface area contributed by atoms with Gasteiger partial charge in [-0.05, 0) is 28.7 Å². The molecule has 1 heterocycles. The number of nitrogens with zero attached hydrogens (tertiary/aromatic N) is 1. The molecule has 1 fully saturated rings. The third-order valence-corrected chi connectivity index (χ3v) is 5.12. The molecule has 0 bridgehead atoms. The summed E-state index contributed by atoms with van der Waals surface area (Å²) in [6.07, 6.45) is 0.278. The number of amides is 1. The van der Waals surface area contributed by atoms with Crippen LogP contribution in [0.1, 0.15) is 29.9 Å². The van der Waals surface area contributed by atoms with Crippen LogP contribution in [0.25, 0.3) is 11.1 Å². The number of aliphatic carboxylic acids is 1. The van der Waals surface area contributed by atoms with Crippen molar-refractivity contribution in [3.63, 3.8) is 0 Å². The number of carbonyl (C=O) groups excluding carboxylic acids is 1. The van der Waals surface area contributed by atoms with Crippen LogP contribution in [0, 0.1) is 0 Å². The molecule has 0 saturated carbocycles. The summed E-state index contributed by atoms with van der Waals surface area (Å²) in [6.45, 7) is 0.831. The maximum atomic E-state index is 12.3. The quantitative estimate of drug-likeness (QED) is 0.927. The van der Waals surface area contributed by atoms with E-state index in [9.17, 15) is 9.59 Å². The van der Waals surface area contributed by atoms with E-state index in [1.54, 1.807) is 0 Å². The van der Waals surface area contributed by atoms with Crippen molar-refractivity contribution in [1.29, 1.82) is 0 Å². The molecule has 1 aliphatic heterocycles. The molecule has 4 rings (SSSR count). The maximum Gasteiger partial charge on any atom is 0.410 e. The predicted octanol–water partition coefficient (Wildman–Crippen LogP) is 3.48. The monoisotopic (exact) mass is 337 g/mol. The van der Waals surface area contributed by atoms with Crippen LogP contribution in [0.5, 0.6) is 0 Å². The van der Waals surface area contributed by atoms with Crippen molar-refractivity contribution in [3.05, 3.63) is 59.7 Å². The molecule has 0 aromatic heterocycles. The molecule has 1 amide bonds. The second-order valence-corrected chi connectivity index (χ2v) is 6.54. The minimum Gasteiger partial charge on any atom is -0.481 e. The lowest BCUT2D eigenvalue weighted by Crippen LogP contribution is -2.52. The molecule has 5 heteroatoms. The molecule has 2 aromatic rings. The Balaban J connectivity index is 1.48. The van der Waals surface area contributed by atoms with E-state index in [1.807, 2.05) is 24.3 Å². The van der Waals surface area contributed by atoms with Crippen molar-refractivity contribution in [2.45, 2.75) is 24.8 Å². The fourth-order valence-corrected chi connectivity index (χ4v) is 3.77. The van der Waals surface area contributed by atoms with E-state index in [0.29, 0.717) is 6.54 Å². The van der Waals surface area contributed by atoms with Gasteiger partial charge in [-0.1, -0.05) is 48.5 Å². The van der Waals surface area contributed by atoms with Gasteiger partial charge in [-0.25, -0.2) is 4.79 Å². The summed E-state index contributed by atoms with van der Waals surface area (Å²) in [4.78, 5) is 24.7. The molecule has 2 aromatic carbocycles. The summed E-state index contributed by atoms with van der Waals surface area (Å²) >= 11 is 0. The Morgan fingerprint density at radius 2 is 1.64 bits per heavy atom. The van der Waals surface area contributed by atoms with Gasteiger partial charge in [0.25, 0.3) is 0 Å². The molecule has 25 heavy (non-hydrogen) atoms. The number of carbonyl (C=O) groups is 2. The van der Waals surface area contributed by atoms with Gasteiger partial charge in [-0.15, -0.1) is 0 Å². The first-order valence-electron chi connectivity index (χ1n) is 8.48. The minimum atomic E-state index is -0.888. The van der Waals surface area contributed by atoms with E-state index in [4.69, 9.17) is 9.84 Å². The van der Waals surface area contributed by atoms with Crippen LogP contribution in [0.15, 0.2) is 48.5 Å². The van der Waals surface area contributed by atoms with E-state index >= 15 is 0 Å². The van der Waals surface area contributed by atoms with Gasteiger partial charge in [-0.2, -0.15) is 0 Å². The second-order valence-electron chi connectivity index (χ2n) is 6.54. The Labute approximate surface area is 145 Å². The molecule has 1 unspecified atom stereocenters. The number of hydrogen-bond donors (Lipinski definition) is 1. The van der Waals surface area contributed by atoms with Crippen molar-refractivity contribution in [3.8, 4) is 11.1 Å². The summed E-state index contributed by atoms with van der Waals surface area (Å²) in [5.74, 6) is -0.864. The highest BCUT2D eigenvalue weighted by Gasteiger charge is 2.36. The summed E-state index contributed by atoms with van der Waals surface area (Å²) in [5, 5.41) is 8.89. The number of ether oxygens (including phenoxy) is 1. The number of hydrogen-bond acceptors (Lipinski definition) is 3. The lowest BCUT2D eigenvalue weighted by atomic mass is 9.98. The molecule has 5 nitrogen and oxygen atoms in total. The maximum absolute atomic E-state index is 12.3. The van der Waals surface area contributed by atoms with Crippen LogP contribution in [0.2, 0.25) is 0 Å². The number of likely N-dealkylation sites (tertiary alicyclic amines) is 1. The molecule has 128 valence electrons. The van der Waals surface area contributed by atoms with Crippen LogP contribution in [0.3, 0.4) is 0 Å². The topological polar surface area (TPSA) is 66.8 Å². The molecule has 1 atom stereocenters. The average Bonchev–Trinajstić information content (AvgIpc) is 2.91. The number of fused-ring (bicyclic) bond motifs is 3. The van der Waals surface area contributed by atoms with Crippen molar-refractivity contribution in [1.82, 2.24) is 4.90 Å². The van der Waals surface area contributed by atoms with E-state index in [-0.39, 0.29) is 25.0 Å². The fraction of sp³-hybridized carbons (Fsp3) is 0.300. The SMILES string of the molecule is O=C(O)CC1CCN1C(=O)OCC1c2ccccc2-c2ccccc21. The molecule has 1 N–H and O–H groups in total. The number of carboxylic acids is 1. The lowest BCUT2D eigenvalue weighted by Gasteiger charge is -2.39. The van der Waals surface area contributed by atoms with Gasteiger partial charge >= 0.3 is 12.1 Å². The lowest BCUT2D eigenvalue weighted by molar-refractivity contribution is -0.139. The summed E-state index contributed by atoms with van der Waals surface area (Å²) in [7, 11) is 0. The average molecular weight is 337 g/mol. The smallest absolute Gasteiger partial charge is 0.410 e. The standard InChI is InChI=1S/C20H19NO4/c22-19(23)11-13-9-10-21(13)20(24)25-12-18-16-7-3-1-5-14(16)15-6-2-4-8-17(15)18/h1-8,13,18H,9-12H2,(H,22,23). The zero-order valence-electron chi connectivity index (χ0n) is 13.7. The Hall–Kier alpha value is -2.82. The van der Waals surface area contributed by atoms with Gasteiger partial charge < -0.3 is 14.7 Å². The van der Waals surface area contributed by atoms with Crippen LogP contribution < -0.4 is 0 Å². The van der Waals surface area contributed by atoms with Gasteiger partial charge in [-0.3, -0.25) is 4.79 Å². The van der Waals surface area contributed by atoms with Gasteiger partial charge in [0.15, 0.2) is 0 Å². The number of benzene rings is 2. The molecule has 1 saturated heterocycles. The van der Waals surface area contributed by atoms with Crippen LogP contribution in [-0.4, -0.2) is 41.3 Å². The Morgan fingerprint density at radius 1 is 1.04 bits per heavy atom. The molecular weight excluding hydrogens is 318 g/mol. The molecule has 0 spiro atoms. The van der Waals surface area contributed by atoms with Gasteiger partial charge in [0.05, 0.1) is 6.42 Å². The summed E-state index contributed by atoms with van der Waals surface area (Å²) in [5.41, 5.74) is 4.71. The normalized spacial score (nSPS) is 18.2. The van der Waals surface area contributed by atoms with E-state index < -0.39 is 12.1 Å². The molecular formula is C20H19NO4. The molecule has 1 aliphatic carbocycles. The highest BCUT2D eigenvalue weighted by molar-refractivity contribution is 5.79. The number of rotatable bonds is 4. The summed E-state index contributed by atoms with van der Waals surface area (Å²) in [6, 6.07) is 16.1. The third kappa shape index (κ3) is 2.76. The summed E-state index contributed by atoms with van der Waals surface area (Å²) < 4.78 is 5.55. The molecule has 2 aliphatic rings. The zero-order valence-corrected chi connectivity index (χ0v) is 13.7. The van der Waals surface area contributed by atoms with Crippen LogP contribution in [-0.2, 0) is 9.53 Å². The first-order valence-corrected chi connectivity index (χ1v) is 8.48. The fourth-order valence-electron chi connectivity index (χ4n) is 3.77. The Bertz CT molecular complexity index is 786. The van der Waals surface area contributed by atoms with E-state index in [2.05, 4.69) is 24.3 Å². The highest BCUT2D eigenvalue weighted by Crippen LogP contribution is 2.44. The largest absolute Gasteiger partial charge is 0.481 e. The van der Waals surface area contributed by atoms with Crippen molar-refractivity contribution >= 4 is 12.1 Å². The third-order valence-electron chi connectivity index (χ3n) is 5.12. The van der Waals surface area contributed by atoms with Gasteiger partial charge in [0, 0.05) is 18.5 Å². The Kier molecular flexibility index (Phi) is 3.92. The van der Waals surface area contributed by atoms with Crippen molar-refractivity contribution in [2.75, 3.05) is 13.2 Å². The first-order chi connectivity index (χ1) is 12.1.